The molecule has 0 aromatic heterocycles. The molecule has 0 rings (SSSR count). The van der Waals surface area contributed by atoms with E-state index in [1.54, 1.807) is 0 Å². The zero-order valence-electron chi connectivity index (χ0n) is 2.61. The van der Waals surface area contributed by atoms with Crippen molar-refractivity contribution in [3.8, 4) is 0 Å². The average Bonchev–Trinajstić information content (AvgIpc) is 1.61. The molecule has 36 valence electrons. The van der Waals surface area contributed by atoms with E-state index in [0.717, 1.165) is 0 Å². The standard InChI is InChI=1S/H2N2O4/c3-5-1-2-6-4/h3-4H/b2-1+. The second-order valence-corrected chi connectivity index (χ2v) is 0.327. The Morgan fingerprint density at radius 2 is 1.33 bits per heavy atom. The van der Waals surface area contributed by atoms with Gasteiger partial charge < -0.3 is 0 Å². The predicted octanol–water partition coefficient (Wildman–Crippen LogP) is 0.248. The van der Waals surface area contributed by atoms with Gasteiger partial charge in [-0.05, 0) is 0 Å². The van der Waals surface area contributed by atoms with E-state index in [9.17, 15) is 0 Å². The van der Waals surface area contributed by atoms with Crippen molar-refractivity contribution in [1.82, 2.24) is 0 Å². The minimum Gasteiger partial charge on any atom is -0.200 e. The molecule has 0 saturated carbocycles. The molecule has 6 heavy (non-hydrogen) atoms. The third-order valence-electron chi connectivity index (χ3n) is 0.106. The number of nitrogens with zero attached hydrogens (tertiary/aromatic N) is 2. The molecule has 0 aliphatic rings. The summed E-state index contributed by atoms with van der Waals surface area (Å²) in [6.45, 7) is 0. The third-order valence-corrected chi connectivity index (χ3v) is 0.106. The zero-order valence-corrected chi connectivity index (χ0v) is 2.61. The molecule has 6 nitrogen and oxygen atoms in total. The van der Waals surface area contributed by atoms with Crippen LogP contribution in [0, 0.1) is 0 Å². The van der Waals surface area contributed by atoms with Gasteiger partial charge in [0.05, 0.1) is 0 Å². The van der Waals surface area contributed by atoms with Crippen molar-refractivity contribution in [1.29, 1.82) is 0 Å². The molecule has 0 atom stereocenters. The molecule has 0 aromatic rings. The Hall–Kier alpha value is -0.880. The molecular weight excluding hydrogens is 92.0 g/mol. The minimum atomic E-state index is 2.30. The summed E-state index contributed by atoms with van der Waals surface area (Å²) in [6, 6.07) is 0. The van der Waals surface area contributed by atoms with Crippen LogP contribution in [0.25, 0.3) is 0 Å². The van der Waals surface area contributed by atoms with Gasteiger partial charge in [0.25, 0.3) is 0 Å². The highest BCUT2D eigenvalue weighted by molar-refractivity contribution is 3.60. The first-order chi connectivity index (χ1) is 2.91. The summed E-state index contributed by atoms with van der Waals surface area (Å²) in [4.78, 5) is 5.91. The molecule has 6 heteroatoms. The van der Waals surface area contributed by atoms with Crippen LogP contribution in [0.2, 0.25) is 0 Å². The molecule has 0 unspecified atom stereocenters. The summed E-state index contributed by atoms with van der Waals surface area (Å²) in [6.07, 6.45) is 0. The van der Waals surface area contributed by atoms with Gasteiger partial charge in [-0.3, -0.25) is 0 Å². The van der Waals surface area contributed by atoms with Gasteiger partial charge in [-0.2, -0.15) is 20.5 Å². The van der Waals surface area contributed by atoms with Crippen molar-refractivity contribution in [2.45, 2.75) is 0 Å². The molecule has 0 spiro atoms. The van der Waals surface area contributed by atoms with Crippen molar-refractivity contribution < 1.29 is 20.5 Å². The van der Waals surface area contributed by atoms with Crippen LogP contribution in [0.5, 0.6) is 0 Å². The van der Waals surface area contributed by atoms with Crippen molar-refractivity contribution in [3.05, 3.63) is 0 Å². The van der Waals surface area contributed by atoms with Crippen LogP contribution in [0.1, 0.15) is 0 Å². The molecule has 0 bridgehead atoms. The Labute approximate surface area is 32.4 Å². The molecule has 2 N–H and O–H groups in total. The molecular formula is H2N2O4. The first kappa shape index (κ1) is 5.12. The highest BCUT2D eigenvalue weighted by Crippen LogP contribution is 1.69. The van der Waals surface area contributed by atoms with Gasteiger partial charge in [-0.1, -0.05) is 0 Å². The summed E-state index contributed by atoms with van der Waals surface area (Å²) in [5, 5.41) is 19.1. The highest BCUT2D eigenvalue weighted by atomic mass is 17.2. The maximum atomic E-state index is 7.25. The second-order valence-electron chi connectivity index (χ2n) is 0.327. The molecule has 0 aliphatic carbocycles. The van der Waals surface area contributed by atoms with Gasteiger partial charge in [0.1, 0.15) is 10.6 Å². The van der Waals surface area contributed by atoms with Gasteiger partial charge >= 0.3 is 0 Å². The van der Waals surface area contributed by atoms with Gasteiger partial charge in [-0.25, -0.2) is 0 Å². The largest absolute Gasteiger partial charge is 0.200 e. The van der Waals surface area contributed by atoms with Crippen molar-refractivity contribution in [2.75, 3.05) is 0 Å². The number of hydrogen-bond acceptors (Lipinski definition) is 6. The van der Waals surface area contributed by atoms with Gasteiger partial charge in [0.2, 0.25) is 0 Å². The van der Waals surface area contributed by atoms with Crippen LogP contribution in [0.4, 0.5) is 0 Å². The lowest BCUT2D eigenvalue weighted by Gasteiger charge is -1.73. The van der Waals surface area contributed by atoms with E-state index in [2.05, 4.69) is 20.5 Å². The van der Waals surface area contributed by atoms with Crippen LogP contribution in [-0.2, 0) is 9.98 Å². The normalized spacial score (nSPS) is 9.00. The Bertz CT molecular complexity index is 34.8. The maximum absolute atomic E-state index is 7.25. The molecule has 0 aromatic carbocycles. The topological polar surface area (TPSA) is 83.6 Å². The fraction of sp³-hybridized carbons (Fsp3) is 0. The van der Waals surface area contributed by atoms with Gasteiger partial charge in [-0.15, -0.1) is 0 Å². The van der Waals surface area contributed by atoms with Crippen LogP contribution in [-0.4, -0.2) is 10.5 Å². The summed E-state index contributed by atoms with van der Waals surface area (Å²) in [5.74, 6) is 0. The summed E-state index contributed by atoms with van der Waals surface area (Å²) in [5.41, 5.74) is 0. The van der Waals surface area contributed by atoms with Crippen molar-refractivity contribution in [2.24, 2.45) is 10.6 Å². The predicted molar refractivity (Wildman–Crippen MR) is 12.3 cm³/mol. The lowest BCUT2D eigenvalue weighted by atomic mass is 12.9. The molecule has 0 aliphatic heterocycles. The fourth-order valence-electron chi connectivity index (χ4n) is 0.0298. The SMILES string of the molecule is OO/N=N/OO. The third kappa shape index (κ3) is 3.12. The molecule has 0 amide bonds. The van der Waals surface area contributed by atoms with Crippen LogP contribution >= 0.6 is 0 Å². The van der Waals surface area contributed by atoms with Crippen molar-refractivity contribution >= 4 is 0 Å². The average molecular weight is 94.0 g/mol. The van der Waals surface area contributed by atoms with Gasteiger partial charge in [0.15, 0.2) is 0 Å². The Morgan fingerprint density at radius 1 is 1.00 bits per heavy atom. The first-order valence-electron chi connectivity index (χ1n) is 0.930. The summed E-state index contributed by atoms with van der Waals surface area (Å²) < 4.78 is 0. The highest BCUT2D eigenvalue weighted by Gasteiger charge is 1.61. The Kier molecular flexibility index (Phi) is 3.52. The number of rotatable bonds is 2. The smallest absolute Gasteiger partial charge is 0.104 e. The number of hydrogen-bond donors (Lipinski definition) is 2. The monoisotopic (exact) mass is 94.0 g/mol. The van der Waals surface area contributed by atoms with Crippen LogP contribution < -0.4 is 0 Å². The van der Waals surface area contributed by atoms with E-state index in [1.165, 1.54) is 0 Å². The second kappa shape index (κ2) is 4.12. The van der Waals surface area contributed by atoms with E-state index in [0.29, 0.717) is 0 Å². The lowest BCUT2D eigenvalue weighted by Crippen LogP contribution is -1.67. The first-order valence-corrected chi connectivity index (χ1v) is 0.930. The maximum Gasteiger partial charge on any atom is 0.104 e. The Morgan fingerprint density at radius 3 is 1.50 bits per heavy atom. The minimum absolute atomic E-state index is 2.30. The van der Waals surface area contributed by atoms with Crippen LogP contribution in [0.15, 0.2) is 10.6 Å². The molecule has 0 saturated heterocycles. The molecule has 0 fully saturated rings. The fourth-order valence-corrected chi connectivity index (χ4v) is 0.0298. The van der Waals surface area contributed by atoms with E-state index in [1.807, 2.05) is 0 Å². The zero-order chi connectivity index (χ0) is 4.83. The summed E-state index contributed by atoms with van der Waals surface area (Å²) in [7, 11) is 0. The molecule has 0 heterocycles. The quantitative estimate of drug-likeness (QED) is 0.292. The van der Waals surface area contributed by atoms with Gasteiger partial charge in [0, 0.05) is 0 Å². The molecule has 0 radical (unpaired) electrons. The van der Waals surface area contributed by atoms with E-state index in [4.69, 9.17) is 10.5 Å². The van der Waals surface area contributed by atoms with Crippen LogP contribution in [0.3, 0.4) is 0 Å². The van der Waals surface area contributed by atoms with Crippen molar-refractivity contribution in [3.63, 3.8) is 0 Å². The Balaban J connectivity index is 2.73. The summed E-state index contributed by atoms with van der Waals surface area (Å²) >= 11 is 0. The van der Waals surface area contributed by atoms with E-state index < -0.39 is 0 Å². The van der Waals surface area contributed by atoms with E-state index >= 15 is 0 Å². The van der Waals surface area contributed by atoms with E-state index in [-0.39, 0.29) is 0 Å². The lowest BCUT2D eigenvalue weighted by molar-refractivity contribution is -0.299.